The first-order valence-electron chi connectivity index (χ1n) is 14.7. The second-order valence-corrected chi connectivity index (χ2v) is 12.6. The Hall–Kier alpha value is -2.54. The lowest BCUT2D eigenvalue weighted by Gasteiger charge is -2.48. The first-order chi connectivity index (χ1) is 20.5. The number of halogens is 5. The highest BCUT2D eigenvalue weighted by Crippen LogP contribution is 2.33. The molecule has 0 bridgehead atoms. The van der Waals surface area contributed by atoms with Crippen LogP contribution in [0.4, 0.5) is 17.6 Å². The zero-order chi connectivity index (χ0) is 30.7. The Labute approximate surface area is 257 Å². The van der Waals surface area contributed by atoms with Crippen molar-refractivity contribution in [2.45, 2.75) is 43.5 Å². The predicted molar refractivity (Wildman–Crippen MR) is 157 cm³/mol. The molecular weight excluding hydrogens is 632 g/mol. The fraction of sp³-hybridized carbons (Fsp3) is 0.548. The fourth-order valence-electron chi connectivity index (χ4n) is 6.19. The number of alkyl halides is 3. The average molecular weight is 670 g/mol. The van der Waals surface area contributed by atoms with E-state index in [9.17, 15) is 27.2 Å². The molecule has 0 aromatic heterocycles. The van der Waals surface area contributed by atoms with Crippen LogP contribution in [0, 0.1) is 5.82 Å². The van der Waals surface area contributed by atoms with Gasteiger partial charge in [0.05, 0.1) is 5.56 Å². The number of ether oxygens (including phenoxy) is 1. The molecule has 0 spiro atoms. The number of carbonyl (C=O) groups is 2. The minimum atomic E-state index is -4.57. The Kier molecular flexibility index (Phi) is 10.1. The third-order valence-corrected chi connectivity index (χ3v) is 9.19. The van der Waals surface area contributed by atoms with Crippen molar-refractivity contribution in [1.29, 1.82) is 0 Å². The van der Waals surface area contributed by atoms with Gasteiger partial charge < -0.3 is 19.4 Å². The quantitative estimate of drug-likeness (QED) is 0.358. The van der Waals surface area contributed by atoms with Gasteiger partial charge in [0.25, 0.3) is 11.8 Å². The average Bonchev–Trinajstić information content (AvgIpc) is 3.50. The Morgan fingerprint density at radius 1 is 1.07 bits per heavy atom. The maximum atomic E-state index is 13.7. The Bertz CT molecular complexity index is 1270. The summed E-state index contributed by atoms with van der Waals surface area (Å²) < 4.78 is 59.4. The summed E-state index contributed by atoms with van der Waals surface area (Å²) in [7, 11) is 1.58. The van der Waals surface area contributed by atoms with E-state index in [1.807, 2.05) is 4.90 Å². The first kappa shape index (κ1) is 31.9. The van der Waals surface area contributed by atoms with Gasteiger partial charge in [0, 0.05) is 81.5 Å². The SMILES string of the molecule is CN(CC(CCN1CC(N2CCN(C(=O)C3CCCO3)CC2)C1)c1ccc(F)cc1)C(=O)c1cc(Br)cc(C(F)(F)F)c1. The molecule has 2 aromatic rings. The topological polar surface area (TPSA) is 56.3 Å². The number of amides is 2. The maximum absolute atomic E-state index is 13.7. The van der Waals surface area contributed by atoms with Crippen molar-refractivity contribution in [2.75, 3.05) is 66.0 Å². The van der Waals surface area contributed by atoms with E-state index in [1.54, 1.807) is 19.2 Å². The predicted octanol–water partition coefficient (Wildman–Crippen LogP) is 4.86. The van der Waals surface area contributed by atoms with Crippen LogP contribution in [0.2, 0.25) is 0 Å². The molecule has 0 N–H and O–H groups in total. The molecule has 3 saturated heterocycles. The normalized spacial score (nSPS) is 21.1. The molecule has 0 radical (unpaired) electrons. The van der Waals surface area contributed by atoms with Crippen LogP contribution in [0.5, 0.6) is 0 Å². The van der Waals surface area contributed by atoms with Crippen molar-refractivity contribution in [2.24, 2.45) is 0 Å². The van der Waals surface area contributed by atoms with E-state index in [0.717, 1.165) is 63.3 Å². The Balaban J connectivity index is 1.14. The molecule has 3 heterocycles. The van der Waals surface area contributed by atoms with Crippen molar-refractivity contribution in [3.8, 4) is 0 Å². The monoisotopic (exact) mass is 668 g/mol. The first-order valence-corrected chi connectivity index (χ1v) is 15.5. The standard InChI is InChI=1S/C31H37BrF4N4O3/c1-37(29(41)23-15-24(31(34,35)36)17-25(32)16-23)18-22(21-4-6-26(33)7-5-21)8-9-38-19-27(20-38)39-10-12-40(13-11-39)30(42)28-3-2-14-43-28/h4-7,15-17,22,27-28H,2-3,8-14,18-20H2,1H3. The van der Waals surface area contributed by atoms with Crippen LogP contribution in [0.25, 0.3) is 0 Å². The Morgan fingerprint density at radius 2 is 1.77 bits per heavy atom. The number of nitrogens with zero attached hydrogens (tertiary/aromatic N) is 4. The van der Waals surface area contributed by atoms with E-state index in [4.69, 9.17) is 4.74 Å². The zero-order valence-corrected chi connectivity index (χ0v) is 25.7. The molecule has 234 valence electrons. The number of carbonyl (C=O) groups excluding carboxylic acids is 2. The molecule has 3 aliphatic rings. The van der Waals surface area contributed by atoms with E-state index in [0.29, 0.717) is 32.2 Å². The van der Waals surface area contributed by atoms with E-state index in [1.165, 1.54) is 23.1 Å². The fourth-order valence-corrected chi connectivity index (χ4v) is 6.68. The number of piperazine rings is 1. The molecule has 0 saturated carbocycles. The second kappa shape index (κ2) is 13.6. The number of hydrogen-bond donors (Lipinski definition) is 0. The van der Waals surface area contributed by atoms with Gasteiger partial charge in [-0.05, 0) is 61.7 Å². The molecule has 0 aliphatic carbocycles. The van der Waals surface area contributed by atoms with Gasteiger partial charge in [0.1, 0.15) is 11.9 Å². The summed E-state index contributed by atoms with van der Waals surface area (Å²) in [5, 5.41) is 0. The van der Waals surface area contributed by atoms with Crippen LogP contribution < -0.4 is 0 Å². The molecule has 2 atom stereocenters. The minimum Gasteiger partial charge on any atom is -0.368 e. The van der Waals surface area contributed by atoms with Crippen molar-refractivity contribution in [3.05, 3.63) is 69.4 Å². The largest absolute Gasteiger partial charge is 0.416 e. The molecule has 7 nitrogen and oxygen atoms in total. The molecule has 2 aromatic carbocycles. The van der Waals surface area contributed by atoms with Gasteiger partial charge in [0.15, 0.2) is 0 Å². The number of benzene rings is 2. The van der Waals surface area contributed by atoms with Gasteiger partial charge in [-0.15, -0.1) is 0 Å². The molecule has 2 amide bonds. The molecule has 2 unspecified atom stereocenters. The van der Waals surface area contributed by atoms with Gasteiger partial charge in [-0.25, -0.2) is 4.39 Å². The van der Waals surface area contributed by atoms with E-state index < -0.39 is 17.6 Å². The van der Waals surface area contributed by atoms with Gasteiger partial charge in [-0.3, -0.25) is 14.5 Å². The van der Waals surface area contributed by atoms with Crippen LogP contribution in [-0.2, 0) is 15.7 Å². The van der Waals surface area contributed by atoms with Crippen molar-refractivity contribution >= 4 is 27.7 Å². The summed E-state index contributed by atoms with van der Waals surface area (Å²) in [6.45, 7) is 6.63. The molecule has 3 aliphatic heterocycles. The van der Waals surface area contributed by atoms with Gasteiger partial charge >= 0.3 is 6.18 Å². The highest BCUT2D eigenvalue weighted by atomic mass is 79.9. The number of likely N-dealkylation sites (tertiary alicyclic amines) is 1. The third kappa shape index (κ3) is 7.95. The van der Waals surface area contributed by atoms with Crippen LogP contribution in [0.1, 0.15) is 46.7 Å². The highest BCUT2D eigenvalue weighted by molar-refractivity contribution is 9.10. The summed E-state index contributed by atoms with van der Waals surface area (Å²) in [6, 6.07) is 9.81. The Morgan fingerprint density at radius 3 is 2.40 bits per heavy atom. The molecular formula is C31H37BrF4N4O3. The van der Waals surface area contributed by atoms with Gasteiger partial charge in [-0.1, -0.05) is 28.1 Å². The second-order valence-electron chi connectivity index (χ2n) is 11.7. The lowest BCUT2D eigenvalue weighted by molar-refractivity contribution is -0.143. The summed E-state index contributed by atoms with van der Waals surface area (Å²) >= 11 is 3.09. The molecule has 5 rings (SSSR count). The molecule has 43 heavy (non-hydrogen) atoms. The summed E-state index contributed by atoms with van der Waals surface area (Å²) in [5.74, 6) is -0.887. The van der Waals surface area contributed by atoms with Crippen LogP contribution in [0.15, 0.2) is 46.9 Å². The summed E-state index contributed by atoms with van der Waals surface area (Å²) in [4.78, 5) is 34.0. The van der Waals surface area contributed by atoms with Crippen molar-refractivity contribution < 1.29 is 31.9 Å². The highest BCUT2D eigenvalue weighted by Gasteiger charge is 2.36. The third-order valence-electron chi connectivity index (χ3n) is 8.73. The van der Waals surface area contributed by atoms with E-state index >= 15 is 0 Å². The molecule has 3 fully saturated rings. The van der Waals surface area contributed by atoms with E-state index in [-0.39, 0.29) is 40.3 Å². The number of rotatable bonds is 9. The van der Waals surface area contributed by atoms with Gasteiger partial charge in [0.2, 0.25) is 0 Å². The molecule has 12 heteroatoms. The van der Waals surface area contributed by atoms with Crippen LogP contribution >= 0.6 is 15.9 Å². The summed E-state index contributed by atoms with van der Waals surface area (Å²) in [6.07, 6.45) is -2.40. The van der Waals surface area contributed by atoms with Crippen molar-refractivity contribution in [3.63, 3.8) is 0 Å². The van der Waals surface area contributed by atoms with Crippen molar-refractivity contribution in [1.82, 2.24) is 19.6 Å². The zero-order valence-electron chi connectivity index (χ0n) is 24.2. The van der Waals surface area contributed by atoms with Crippen LogP contribution in [0.3, 0.4) is 0 Å². The number of likely N-dealkylation sites (N-methyl/N-ethyl adjacent to an activating group) is 1. The van der Waals surface area contributed by atoms with Gasteiger partial charge in [-0.2, -0.15) is 13.2 Å². The smallest absolute Gasteiger partial charge is 0.368 e. The lowest BCUT2D eigenvalue weighted by Crippen LogP contribution is -2.63. The maximum Gasteiger partial charge on any atom is 0.416 e. The number of hydrogen-bond acceptors (Lipinski definition) is 5. The lowest BCUT2D eigenvalue weighted by atomic mass is 9.93. The van der Waals surface area contributed by atoms with E-state index in [2.05, 4.69) is 25.7 Å². The minimum absolute atomic E-state index is 0.0507. The van der Waals surface area contributed by atoms with Crippen LogP contribution in [-0.4, -0.2) is 110 Å². The summed E-state index contributed by atoms with van der Waals surface area (Å²) in [5.41, 5.74) is -0.0718.